The summed E-state index contributed by atoms with van der Waals surface area (Å²) in [5.41, 5.74) is 3.77. The fourth-order valence-electron chi connectivity index (χ4n) is 3.54. The SMILES string of the molecule is CC1=C(C(=O)Nc2ccccc2)[C@H](c2ccccc2OCc2ccc(Cl)cc2)NC(=S)N1. The lowest BCUT2D eigenvalue weighted by molar-refractivity contribution is -0.113. The van der Waals surface area contributed by atoms with E-state index in [0.717, 1.165) is 16.8 Å². The Labute approximate surface area is 197 Å². The van der Waals surface area contributed by atoms with Gasteiger partial charge in [-0.25, -0.2) is 0 Å². The number of halogens is 1. The molecule has 0 saturated heterocycles. The monoisotopic (exact) mass is 463 g/mol. The number of para-hydroxylation sites is 2. The Morgan fingerprint density at radius 2 is 1.72 bits per heavy atom. The van der Waals surface area contributed by atoms with Crippen LogP contribution in [-0.4, -0.2) is 11.0 Å². The minimum Gasteiger partial charge on any atom is -0.489 e. The van der Waals surface area contributed by atoms with Crippen molar-refractivity contribution in [2.24, 2.45) is 0 Å². The summed E-state index contributed by atoms with van der Waals surface area (Å²) >= 11 is 11.4. The topological polar surface area (TPSA) is 62.4 Å². The average molecular weight is 464 g/mol. The van der Waals surface area contributed by atoms with E-state index < -0.39 is 6.04 Å². The standard InChI is InChI=1S/C25H22ClN3O2S/c1-16-22(24(30)28-19-7-3-2-4-8-19)23(29-25(32)27-16)20-9-5-6-10-21(20)31-15-17-11-13-18(26)14-12-17/h2-14,23H,15H2,1H3,(H,28,30)(H2,27,29,32)/t23-/m0/s1. The predicted octanol–water partition coefficient (Wildman–Crippen LogP) is 5.35. The molecular formula is C25H22ClN3O2S. The Morgan fingerprint density at radius 1 is 1.03 bits per heavy atom. The number of rotatable bonds is 6. The van der Waals surface area contributed by atoms with E-state index in [-0.39, 0.29) is 5.91 Å². The molecule has 162 valence electrons. The fourth-order valence-corrected chi connectivity index (χ4v) is 3.94. The number of allylic oxidation sites excluding steroid dienone is 1. The second-order valence-corrected chi connectivity index (χ2v) is 8.19. The summed E-state index contributed by atoms with van der Waals surface area (Å²) in [6, 6.07) is 24.0. The van der Waals surface area contributed by atoms with Crippen LogP contribution < -0.4 is 20.7 Å². The van der Waals surface area contributed by atoms with Crippen LogP contribution in [0.2, 0.25) is 5.02 Å². The van der Waals surface area contributed by atoms with Gasteiger partial charge in [0.15, 0.2) is 5.11 Å². The van der Waals surface area contributed by atoms with E-state index in [4.69, 9.17) is 28.6 Å². The molecule has 0 fully saturated rings. The van der Waals surface area contributed by atoms with Crippen molar-refractivity contribution in [3.05, 3.63) is 106 Å². The van der Waals surface area contributed by atoms with Crippen molar-refractivity contribution in [3.8, 4) is 5.75 Å². The summed E-state index contributed by atoms with van der Waals surface area (Å²) in [5, 5.41) is 10.4. The van der Waals surface area contributed by atoms with E-state index in [0.29, 0.717) is 33.8 Å². The molecule has 0 spiro atoms. The van der Waals surface area contributed by atoms with Crippen LogP contribution in [0.3, 0.4) is 0 Å². The maximum absolute atomic E-state index is 13.2. The first-order valence-corrected chi connectivity index (χ1v) is 10.9. The molecule has 4 rings (SSSR count). The van der Waals surface area contributed by atoms with Crippen molar-refractivity contribution in [3.63, 3.8) is 0 Å². The van der Waals surface area contributed by atoms with Crippen molar-refractivity contribution in [1.29, 1.82) is 0 Å². The second-order valence-electron chi connectivity index (χ2n) is 7.34. The normalized spacial score (nSPS) is 15.6. The van der Waals surface area contributed by atoms with Crippen LogP contribution in [0.5, 0.6) is 5.75 Å². The van der Waals surface area contributed by atoms with Crippen LogP contribution in [0.15, 0.2) is 90.1 Å². The van der Waals surface area contributed by atoms with Gasteiger partial charge in [-0.3, -0.25) is 4.79 Å². The Hall–Kier alpha value is -3.35. The Balaban J connectivity index is 1.63. The average Bonchev–Trinajstić information content (AvgIpc) is 2.79. The van der Waals surface area contributed by atoms with Crippen molar-refractivity contribution < 1.29 is 9.53 Å². The highest BCUT2D eigenvalue weighted by Gasteiger charge is 2.31. The Bertz CT molecular complexity index is 1160. The molecule has 5 nitrogen and oxygen atoms in total. The third-order valence-electron chi connectivity index (χ3n) is 5.08. The van der Waals surface area contributed by atoms with Crippen LogP contribution in [0.1, 0.15) is 24.1 Å². The predicted molar refractivity (Wildman–Crippen MR) is 132 cm³/mol. The molecule has 0 bridgehead atoms. The number of amides is 1. The number of anilines is 1. The van der Waals surface area contributed by atoms with Crippen LogP contribution in [0.25, 0.3) is 0 Å². The zero-order valence-electron chi connectivity index (χ0n) is 17.4. The lowest BCUT2D eigenvalue weighted by Gasteiger charge is -2.31. The molecule has 3 aromatic carbocycles. The minimum atomic E-state index is -0.464. The first-order chi connectivity index (χ1) is 15.5. The maximum Gasteiger partial charge on any atom is 0.255 e. The van der Waals surface area contributed by atoms with Crippen LogP contribution in [-0.2, 0) is 11.4 Å². The molecule has 0 radical (unpaired) electrons. The molecule has 1 heterocycles. The molecule has 3 N–H and O–H groups in total. The number of benzene rings is 3. The molecule has 1 amide bonds. The van der Waals surface area contributed by atoms with E-state index >= 15 is 0 Å². The van der Waals surface area contributed by atoms with Gasteiger partial charge >= 0.3 is 0 Å². The van der Waals surface area contributed by atoms with E-state index in [1.807, 2.05) is 85.8 Å². The van der Waals surface area contributed by atoms with E-state index in [2.05, 4.69) is 16.0 Å². The van der Waals surface area contributed by atoms with Crippen molar-refractivity contribution in [2.75, 3.05) is 5.32 Å². The van der Waals surface area contributed by atoms with E-state index in [1.165, 1.54) is 0 Å². The highest BCUT2D eigenvalue weighted by atomic mass is 35.5. The van der Waals surface area contributed by atoms with E-state index in [9.17, 15) is 4.79 Å². The van der Waals surface area contributed by atoms with Crippen LogP contribution >= 0.6 is 23.8 Å². The molecule has 32 heavy (non-hydrogen) atoms. The maximum atomic E-state index is 13.2. The molecule has 1 atom stereocenters. The number of hydrogen-bond donors (Lipinski definition) is 3. The summed E-state index contributed by atoms with van der Waals surface area (Å²) in [4.78, 5) is 13.2. The van der Waals surface area contributed by atoms with Gasteiger partial charge in [-0.1, -0.05) is 60.1 Å². The number of carbonyl (C=O) groups excluding carboxylic acids is 1. The van der Waals surface area contributed by atoms with Gasteiger partial charge < -0.3 is 20.7 Å². The van der Waals surface area contributed by atoms with Gasteiger partial charge in [0, 0.05) is 22.0 Å². The van der Waals surface area contributed by atoms with Gasteiger partial charge in [0.05, 0.1) is 11.6 Å². The highest BCUT2D eigenvalue weighted by Crippen LogP contribution is 2.34. The van der Waals surface area contributed by atoms with Crippen LogP contribution in [0.4, 0.5) is 5.69 Å². The first kappa shape index (κ1) is 21.9. The third-order valence-corrected chi connectivity index (χ3v) is 5.55. The number of nitrogens with one attached hydrogen (secondary N) is 3. The lowest BCUT2D eigenvalue weighted by Crippen LogP contribution is -2.45. The minimum absolute atomic E-state index is 0.214. The summed E-state index contributed by atoms with van der Waals surface area (Å²) < 4.78 is 6.13. The zero-order valence-corrected chi connectivity index (χ0v) is 19.0. The molecule has 1 aliphatic heterocycles. The number of hydrogen-bond acceptors (Lipinski definition) is 3. The zero-order chi connectivity index (χ0) is 22.5. The fraction of sp³-hybridized carbons (Fsp3) is 0.120. The molecule has 1 aliphatic rings. The number of carbonyl (C=O) groups is 1. The molecule has 0 aromatic heterocycles. The highest BCUT2D eigenvalue weighted by molar-refractivity contribution is 7.80. The smallest absolute Gasteiger partial charge is 0.255 e. The number of thiocarbonyl (C=S) groups is 1. The molecule has 0 saturated carbocycles. The summed E-state index contributed by atoms with van der Waals surface area (Å²) in [7, 11) is 0. The quantitative estimate of drug-likeness (QED) is 0.430. The van der Waals surface area contributed by atoms with Gasteiger partial charge in [-0.15, -0.1) is 0 Å². The summed E-state index contributed by atoms with van der Waals surface area (Å²) in [5.74, 6) is 0.455. The molecule has 3 aromatic rings. The van der Waals surface area contributed by atoms with Gasteiger partial charge in [-0.2, -0.15) is 0 Å². The van der Waals surface area contributed by atoms with Gasteiger partial charge in [0.1, 0.15) is 12.4 Å². The lowest BCUT2D eigenvalue weighted by atomic mass is 9.94. The summed E-state index contributed by atoms with van der Waals surface area (Å²) in [6.45, 7) is 2.22. The van der Waals surface area contributed by atoms with Crippen molar-refractivity contribution in [1.82, 2.24) is 10.6 Å². The van der Waals surface area contributed by atoms with Gasteiger partial charge in [-0.05, 0) is 55.0 Å². The van der Waals surface area contributed by atoms with Crippen molar-refractivity contribution in [2.45, 2.75) is 19.6 Å². The molecular weight excluding hydrogens is 442 g/mol. The Morgan fingerprint density at radius 3 is 2.47 bits per heavy atom. The second kappa shape index (κ2) is 9.85. The molecule has 0 unspecified atom stereocenters. The Kier molecular flexibility index (Phi) is 6.73. The third kappa shape index (κ3) is 5.10. The molecule has 0 aliphatic carbocycles. The summed E-state index contributed by atoms with van der Waals surface area (Å²) in [6.07, 6.45) is 0. The van der Waals surface area contributed by atoms with E-state index in [1.54, 1.807) is 0 Å². The molecule has 7 heteroatoms. The number of ether oxygens (including phenoxy) is 1. The van der Waals surface area contributed by atoms with Crippen LogP contribution in [0, 0.1) is 0 Å². The largest absolute Gasteiger partial charge is 0.489 e. The van der Waals surface area contributed by atoms with Crippen molar-refractivity contribution >= 4 is 40.5 Å². The first-order valence-electron chi connectivity index (χ1n) is 10.1. The van der Waals surface area contributed by atoms with Gasteiger partial charge in [0.2, 0.25) is 0 Å². The van der Waals surface area contributed by atoms with Gasteiger partial charge in [0.25, 0.3) is 5.91 Å².